The molecule has 2 atom stereocenters. The van der Waals surface area contributed by atoms with Crippen LogP contribution >= 0.6 is 0 Å². The number of carboxylic acids is 1. The molecule has 1 fully saturated rings. The molecule has 2 rings (SSSR count). The predicted molar refractivity (Wildman–Crippen MR) is 70.0 cm³/mol. The van der Waals surface area contributed by atoms with Crippen LogP contribution in [0, 0.1) is 0 Å². The molecule has 98 valence electrons. The Morgan fingerprint density at radius 3 is 2.78 bits per heavy atom. The molecule has 0 spiro atoms. The second kappa shape index (κ2) is 4.86. The molecule has 1 aromatic carbocycles. The maximum atomic E-state index is 10.9. The third-order valence-corrected chi connectivity index (χ3v) is 3.49. The number of benzene rings is 1. The van der Waals surface area contributed by atoms with E-state index in [-0.39, 0.29) is 17.7 Å². The number of nitrogen functional groups attached to an aromatic ring is 1. The van der Waals surface area contributed by atoms with E-state index in [1.54, 1.807) is 12.1 Å². The molecule has 0 aliphatic carbocycles. The Labute approximate surface area is 106 Å². The molecule has 0 amide bonds. The average molecular weight is 250 g/mol. The van der Waals surface area contributed by atoms with Crippen LogP contribution in [-0.4, -0.2) is 36.9 Å². The number of aromatic carboxylic acids is 1. The van der Waals surface area contributed by atoms with Crippen LogP contribution in [0.3, 0.4) is 0 Å². The molecule has 5 heteroatoms. The second-order valence-electron chi connectivity index (χ2n) is 4.62. The predicted octanol–water partition coefficient (Wildman–Crippen LogP) is 1.58. The number of anilines is 2. The highest BCUT2D eigenvalue weighted by Gasteiger charge is 2.28. The molecule has 1 heterocycles. The first kappa shape index (κ1) is 12.7. The summed E-state index contributed by atoms with van der Waals surface area (Å²) in [6.07, 6.45) is 1.12. The zero-order valence-corrected chi connectivity index (χ0v) is 10.6. The van der Waals surface area contributed by atoms with Gasteiger partial charge in [-0.15, -0.1) is 0 Å². The number of hydrogen-bond acceptors (Lipinski definition) is 4. The van der Waals surface area contributed by atoms with Gasteiger partial charge in [0.05, 0.1) is 29.1 Å². The fraction of sp³-hybridized carbons (Fsp3) is 0.462. The molecule has 18 heavy (non-hydrogen) atoms. The minimum absolute atomic E-state index is 0.161. The van der Waals surface area contributed by atoms with E-state index in [4.69, 9.17) is 15.6 Å². The van der Waals surface area contributed by atoms with Crippen molar-refractivity contribution in [2.45, 2.75) is 25.5 Å². The van der Waals surface area contributed by atoms with Crippen LogP contribution in [0.1, 0.15) is 23.7 Å². The summed E-state index contributed by atoms with van der Waals surface area (Å²) in [5.74, 6) is -0.964. The number of carboxylic acid groups (broad SMARTS) is 1. The lowest BCUT2D eigenvalue weighted by Crippen LogP contribution is -2.37. The molecule has 5 nitrogen and oxygen atoms in total. The number of likely N-dealkylation sites (N-methyl/N-ethyl adjacent to an activating group) is 1. The molecule has 1 aliphatic rings. The minimum Gasteiger partial charge on any atom is -0.478 e. The molecule has 0 saturated carbocycles. The molecular weight excluding hydrogens is 232 g/mol. The average Bonchev–Trinajstić information content (AvgIpc) is 2.74. The number of nitrogens with two attached hydrogens (primary N) is 1. The van der Waals surface area contributed by atoms with Gasteiger partial charge >= 0.3 is 5.97 Å². The standard InChI is InChI=1S/C13H18N2O3/c1-8-11(5-6-18-8)15(2)12-4-3-9(13(16)17)7-10(12)14/h3-4,7-8,11H,5-6,14H2,1-2H3,(H,16,17). The molecule has 0 bridgehead atoms. The Morgan fingerprint density at radius 2 is 2.28 bits per heavy atom. The third-order valence-electron chi connectivity index (χ3n) is 3.49. The summed E-state index contributed by atoms with van der Waals surface area (Å²) in [6.45, 7) is 2.79. The van der Waals surface area contributed by atoms with Crippen molar-refractivity contribution in [1.82, 2.24) is 0 Å². The monoisotopic (exact) mass is 250 g/mol. The van der Waals surface area contributed by atoms with Crippen molar-refractivity contribution in [1.29, 1.82) is 0 Å². The van der Waals surface area contributed by atoms with Crippen molar-refractivity contribution in [3.63, 3.8) is 0 Å². The van der Waals surface area contributed by atoms with Crippen LogP contribution in [0.4, 0.5) is 11.4 Å². The number of ether oxygens (including phenoxy) is 1. The molecule has 0 aromatic heterocycles. The van der Waals surface area contributed by atoms with Crippen molar-refractivity contribution in [3.05, 3.63) is 23.8 Å². The smallest absolute Gasteiger partial charge is 0.335 e. The lowest BCUT2D eigenvalue weighted by molar-refractivity contribution is 0.0697. The second-order valence-corrected chi connectivity index (χ2v) is 4.62. The molecule has 2 unspecified atom stereocenters. The number of nitrogens with zero attached hydrogens (tertiary/aromatic N) is 1. The first-order chi connectivity index (χ1) is 8.50. The SMILES string of the molecule is CC1OCCC1N(C)c1ccc(C(=O)O)cc1N. The fourth-order valence-electron chi connectivity index (χ4n) is 2.42. The molecule has 3 N–H and O–H groups in total. The van der Waals surface area contributed by atoms with E-state index in [1.807, 2.05) is 14.0 Å². The summed E-state index contributed by atoms with van der Waals surface area (Å²) in [5.41, 5.74) is 7.47. The van der Waals surface area contributed by atoms with Gasteiger partial charge in [-0.2, -0.15) is 0 Å². The van der Waals surface area contributed by atoms with Gasteiger partial charge < -0.3 is 20.5 Å². The Bertz CT molecular complexity index is 462. The van der Waals surface area contributed by atoms with Crippen molar-refractivity contribution < 1.29 is 14.6 Å². The highest BCUT2D eigenvalue weighted by atomic mass is 16.5. The summed E-state index contributed by atoms with van der Waals surface area (Å²) in [7, 11) is 1.96. The lowest BCUT2D eigenvalue weighted by Gasteiger charge is -2.29. The molecular formula is C13H18N2O3. The van der Waals surface area contributed by atoms with E-state index in [1.165, 1.54) is 6.07 Å². The highest BCUT2D eigenvalue weighted by molar-refractivity contribution is 5.90. The topological polar surface area (TPSA) is 75.8 Å². The van der Waals surface area contributed by atoms with Gasteiger partial charge in [-0.05, 0) is 31.5 Å². The Hall–Kier alpha value is -1.75. The van der Waals surface area contributed by atoms with E-state index in [2.05, 4.69) is 4.90 Å². The lowest BCUT2D eigenvalue weighted by atomic mass is 10.1. The first-order valence-electron chi connectivity index (χ1n) is 5.98. The Morgan fingerprint density at radius 1 is 1.56 bits per heavy atom. The summed E-state index contributed by atoms with van der Waals surface area (Å²) >= 11 is 0. The largest absolute Gasteiger partial charge is 0.478 e. The third kappa shape index (κ3) is 2.26. The van der Waals surface area contributed by atoms with Crippen LogP contribution < -0.4 is 10.6 Å². The van der Waals surface area contributed by atoms with Gasteiger partial charge in [-0.25, -0.2) is 4.79 Å². The van der Waals surface area contributed by atoms with Gasteiger partial charge in [0.1, 0.15) is 0 Å². The molecule has 1 aliphatic heterocycles. The van der Waals surface area contributed by atoms with Crippen molar-refractivity contribution in [2.75, 3.05) is 24.3 Å². The van der Waals surface area contributed by atoms with Crippen LogP contribution in [0.2, 0.25) is 0 Å². The maximum Gasteiger partial charge on any atom is 0.335 e. The van der Waals surface area contributed by atoms with Crippen molar-refractivity contribution >= 4 is 17.3 Å². The van der Waals surface area contributed by atoms with Crippen LogP contribution in [0.25, 0.3) is 0 Å². The summed E-state index contributed by atoms with van der Waals surface area (Å²) in [5, 5.41) is 8.90. The van der Waals surface area contributed by atoms with Crippen LogP contribution in [0.15, 0.2) is 18.2 Å². The first-order valence-corrected chi connectivity index (χ1v) is 5.98. The molecule has 0 radical (unpaired) electrons. The number of hydrogen-bond donors (Lipinski definition) is 2. The van der Waals surface area contributed by atoms with E-state index in [9.17, 15) is 4.79 Å². The van der Waals surface area contributed by atoms with Crippen LogP contribution in [-0.2, 0) is 4.74 Å². The zero-order chi connectivity index (χ0) is 13.3. The molecule has 1 aromatic rings. The highest BCUT2D eigenvalue weighted by Crippen LogP contribution is 2.29. The van der Waals surface area contributed by atoms with Gasteiger partial charge in [0.15, 0.2) is 0 Å². The fourth-order valence-corrected chi connectivity index (χ4v) is 2.42. The van der Waals surface area contributed by atoms with Gasteiger partial charge in [0, 0.05) is 13.7 Å². The minimum atomic E-state index is -0.964. The maximum absolute atomic E-state index is 10.9. The quantitative estimate of drug-likeness (QED) is 0.796. The van der Waals surface area contributed by atoms with Gasteiger partial charge in [0.25, 0.3) is 0 Å². The Kier molecular flexibility index (Phi) is 3.43. The van der Waals surface area contributed by atoms with Gasteiger partial charge in [0.2, 0.25) is 0 Å². The van der Waals surface area contributed by atoms with Crippen molar-refractivity contribution in [2.24, 2.45) is 0 Å². The molecule has 1 saturated heterocycles. The normalized spacial score (nSPS) is 23.0. The summed E-state index contributed by atoms with van der Waals surface area (Å²) in [6, 6.07) is 5.10. The van der Waals surface area contributed by atoms with E-state index in [0.717, 1.165) is 18.7 Å². The van der Waals surface area contributed by atoms with Crippen molar-refractivity contribution in [3.8, 4) is 0 Å². The van der Waals surface area contributed by atoms with Gasteiger partial charge in [-0.1, -0.05) is 0 Å². The van der Waals surface area contributed by atoms with E-state index >= 15 is 0 Å². The van der Waals surface area contributed by atoms with Crippen LogP contribution in [0.5, 0.6) is 0 Å². The Balaban J connectivity index is 2.25. The van der Waals surface area contributed by atoms with E-state index in [0.29, 0.717) is 5.69 Å². The zero-order valence-electron chi connectivity index (χ0n) is 10.6. The number of carbonyl (C=O) groups is 1. The van der Waals surface area contributed by atoms with E-state index < -0.39 is 5.97 Å². The summed E-state index contributed by atoms with van der Waals surface area (Å²) < 4.78 is 5.53. The summed E-state index contributed by atoms with van der Waals surface area (Å²) in [4.78, 5) is 12.9. The van der Waals surface area contributed by atoms with Gasteiger partial charge in [-0.3, -0.25) is 0 Å². The number of rotatable bonds is 3.